The van der Waals surface area contributed by atoms with E-state index in [0.29, 0.717) is 6.54 Å². The van der Waals surface area contributed by atoms with Crippen molar-refractivity contribution in [2.45, 2.75) is 32.9 Å². The van der Waals surface area contributed by atoms with Crippen LogP contribution in [0.25, 0.3) is 0 Å². The summed E-state index contributed by atoms with van der Waals surface area (Å²) in [5.41, 5.74) is 1.13. The van der Waals surface area contributed by atoms with Crippen LogP contribution in [0.1, 0.15) is 30.2 Å². The highest BCUT2D eigenvalue weighted by atomic mass is 127. The molecule has 0 spiro atoms. The summed E-state index contributed by atoms with van der Waals surface area (Å²) in [4.78, 5) is 6.01. The number of benzene rings is 1. The Kier molecular flexibility index (Phi) is 8.54. The molecule has 1 heterocycles. The van der Waals surface area contributed by atoms with Gasteiger partial charge in [0.25, 0.3) is 0 Å². The van der Waals surface area contributed by atoms with Crippen LogP contribution in [-0.4, -0.2) is 19.1 Å². The van der Waals surface area contributed by atoms with Crippen molar-refractivity contribution in [3.8, 4) is 5.75 Å². The fourth-order valence-electron chi connectivity index (χ4n) is 2.36. The number of rotatable bonds is 8. The van der Waals surface area contributed by atoms with Crippen LogP contribution in [0.15, 0.2) is 46.8 Å². The number of halogens is 1. The summed E-state index contributed by atoms with van der Waals surface area (Å²) in [6, 6.07) is 12.4. The van der Waals surface area contributed by atoms with Gasteiger partial charge in [0.2, 0.25) is 0 Å². The lowest BCUT2D eigenvalue weighted by atomic mass is 10.2. The molecule has 0 aliphatic heterocycles. The maximum atomic E-state index is 5.96. The molecule has 2 aromatic rings. The van der Waals surface area contributed by atoms with Crippen molar-refractivity contribution in [2.24, 2.45) is 10.9 Å². The van der Waals surface area contributed by atoms with Crippen LogP contribution in [0, 0.1) is 5.92 Å². The molecule has 1 aliphatic rings. The Bertz CT molecular complexity index is 656. The lowest BCUT2D eigenvalue weighted by Gasteiger charge is -2.12. The molecule has 25 heavy (non-hydrogen) atoms. The minimum absolute atomic E-state index is 0. The van der Waals surface area contributed by atoms with Gasteiger partial charge in [0.15, 0.2) is 5.96 Å². The van der Waals surface area contributed by atoms with Crippen LogP contribution in [0.3, 0.4) is 0 Å². The Balaban J connectivity index is 0.00000225. The van der Waals surface area contributed by atoms with E-state index in [1.54, 1.807) is 11.3 Å². The Morgan fingerprint density at radius 3 is 2.76 bits per heavy atom. The van der Waals surface area contributed by atoms with Gasteiger partial charge in [-0.25, -0.2) is 4.99 Å². The maximum Gasteiger partial charge on any atom is 0.191 e. The molecule has 4 nitrogen and oxygen atoms in total. The molecule has 1 saturated carbocycles. The SMILES string of the molecule is CCNC(=NCc1ccccc1OCC1CC1)NCc1cccs1.I. The lowest BCUT2D eigenvalue weighted by molar-refractivity contribution is 0.297. The minimum Gasteiger partial charge on any atom is -0.493 e. The Labute approximate surface area is 171 Å². The van der Waals surface area contributed by atoms with Gasteiger partial charge in [-0.15, -0.1) is 35.3 Å². The predicted octanol–water partition coefficient (Wildman–Crippen LogP) is 4.41. The van der Waals surface area contributed by atoms with Crippen LogP contribution in [0.5, 0.6) is 5.75 Å². The first-order chi connectivity index (χ1) is 11.8. The van der Waals surface area contributed by atoms with E-state index in [-0.39, 0.29) is 24.0 Å². The van der Waals surface area contributed by atoms with Crippen molar-refractivity contribution in [1.82, 2.24) is 10.6 Å². The van der Waals surface area contributed by atoms with Crippen LogP contribution in [-0.2, 0) is 13.1 Å². The number of para-hydroxylation sites is 1. The second kappa shape index (κ2) is 10.7. The summed E-state index contributed by atoms with van der Waals surface area (Å²) in [5.74, 6) is 2.55. The first-order valence-corrected chi connectivity index (χ1v) is 9.48. The molecule has 6 heteroatoms. The first-order valence-electron chi connectivity index (χ1n) is 8.60. The van der Waals surface area contributed by atoms with Gasteiger partial charge in [-0.05, 0) is 43.2 Å². The molecule has 0 bridgehead atoms. The smallest absolute Gasteiger partial charge is 0.191 e. The maximum absolute atomic E-state index is 5.96. The van der Waals surface area contributed by atoms with E-state index < -0.39 is 0 Å². The quantitative estimate of drug-likeness (QED) is 0.341. The highest BCUT2D eigenvalue weighted by molar-refractivity contribution is 14.0. The lowest BCUT2D eigenvalue weighted by Crippen LogP contribution is -2.36. The summed E-state index contributed by atoms with van der Waals surface area (Å²) < 4.78 is 5.96. The number of ether oxygens (including phenoxy) is 1. The van der Waals surface area contributed by atoms with E-state index >= 15 is 0 Å². The largest absolute Gasteiger partial charge is 0.493 e. The number of hydrogen-bond donors (Lipinski definition) is 2. The summed E-state index contributed by atoms with van der Waals surface area (Å²) in [6.45, 7) is 5.16. The normalized spacial score (nSPS) is 13.9. The summed E-state index contributed by atoms with van der Waals surface area (Å²) in [5, 5.41) is 8.77. The number of thiophene rings is 1. The Morgan fingerprint density at radius 2 is 2.04 bits per heavy atom. The van der Waals surface area contributed by atoms with E-state index in [0.717, 1.165) is 42.9 Å². The van der Waals surface area contributed by atoms with Crippen LogP contribution in [0.4, 0.5) is 0 Å². The molecule has 1 aromatic heterocycles. The van der Waals surface area contributed by atoms with Gasteiger partial charge in [0, 0.05) is 17.0 Å². The second-order valence-electron chi connectivity index (χ2n) is 5.99. The number of guanidine groups is 1. The molecule has 3 rings (SSSR count). The Hall–Kier alpha value is -1.28. The van der Waals surface area contributed by atoms with Crippen LogP contribution in [0.2, 0.25) is 0 Å². The van der Waals surface area contributed by atoms with E-state index in [1.807, 2.05) is 18.2 Å². The summed E-state index contributed by atoms with van der Waals surface area (Å²) in [6.07, 6.45) is 2.61. The van der Waals surface area contributed by atoms with Crippen molar-refractivity contribution in [3.05, 3.63) is 52.2 Å². The molecule has 0 saturated heterocycles. The van der Waals surface area contributed by atoms with Crippen LogP contribution < -0.4 is 15.4 Å². The van der Waals surface area contributed by atoms with E-state index in [4.69, 9.17) is 9.73 Å². The monoisotopic (exact) mass is 471 g/mol. The molecule has 1 aliphatic carbocycles. The molecule has 0 radical (unpaired) electrons. The van der Waals surface area contributed by atoms with Crippen molar-refractivity contribution in [1.29, 1.82) is 0 Å². The molecule has 2 N–H and O–H groups in total. The second-order valence-corrected chi connectivity index (χ2v) is 7.02. The zero-order valence-electron chi connectivity index (χ0n) is 14.5. The highest BCUT2D eigenvalue weighted by Gasteiger charge is 2.22. The third-order valence-corrected chi connectivity index (χ3v) is 4.78. The molecule has 136 valence electrons. The van der Waals surface area contributed by atoms with Crippen molar-refractivity contribution >= 4 is 41.3 Å². The van der Waals surface area contributed by atoms with Gasteiger partial charge < -0.3 is 15.4 Å². The molecule has 1 aromatic carbocycles. The van der Waals surface area contributed by atoms with Gasteiger partial charge in [-0.3, -0.25) is 0 Å². The molecule has 0 amide bonds. The van der Waals surface area contributed by atoms with Gasteiger partial charge in [-0.1, -0.05) is 24.3 Å². The van der Waals surface area contributed by atoms with Crippen LogP contribution >= 0.6 is 35.3 Å². The molecular formula is C19H26IN3OS. The topological polar surface area (TPSA) is 45.7 Å². The number of aliphatic imine (C=N–C) groups is 1. The average molecular weight is 471 g/mol. The predicted molar refractivity (Wildman–Crippen MR) is 116 cm³/mol. The highest BCUT2D eigenvalue weighted by Crippen LogP contribution is 2.30. The third-order valence-electron chi connectivity index (χ3n) is 3.91. The fraction of sp³-hybridized carbons (Fsp3) is 0.421. The van der Waals surface area contributed by atoms with Crippen molar-refractivity contribution in [3.63, 3.8) is 0 Å². The molecule has 0 unspecified atom stereocenters. The van der Waals surface area contributed by atoms with E-state index in [1.165, 1.54) is 17.7 Å². The number of nitrogens with zero attached hydrogens (tertiary/aromatic N) is 1. The minimum atomic E-state index is 0. The van der Waals surface area contributed by atoms with Gasteiger partial charge >= 0.3 is 0 Å². The third kappa shape index (κ3) is 6.86. The van der Waals surface area contributed by atoms with E-state index in [2.05, 4.69) is 41.1 Å². The molecular weight excluding hydrogens is 445 g/mol. The molecule has 0 atom stereocenters. The van der Waals surface area contributed by atoms with Gasteiger partial charge in [0.05, 0.1) is 19.7 Å². The number of hydrogen-bond acceptors (Lipinski definition) is 3. The number of nitrogens with one attached hydrogen (secondary N) is 2. The average Bonchev–Trinajstić information content (AvgIpc) is 3.29. The summed E-state index contributed by atoms with van der Waals surface area (Å²) >= 11 is 1.75. The zero-order valence-corrected chi connectivity index (χ0v) is 17.7. The van der Waals surface area contributed by atoms with Gasteiger partial charge in [-0.2, -0.15) is 0 Å². The fourth-order valence-corrected chi connectivity index (χ4v) is 3.00. The summed E-state index contributed by atoms with van der Waals surface area (Å²) in [7, 11) is 0. The molecule has 1 fully saturated rings. The first kappa shape index (κ1) is 20.0. The standard InChI is InChI=1S/C19H25N3OS.HI/c1-2-20-19(22-13-17-7-5-11-24-17)21-12-16-6-3-4-8-18(16)23-14-15-9-10-15;/h3-8,11,15H,2,9-10,12-14H2,1H3,(H2,20,21,22);1H. The Morgan fingerprint density at radius 1 is 1.20 bits per heavy atom. The van der Waals surface area contributed by atoms with Crippen molar-refractivity contribution in [2.75, 3.05) is 13.2 Å². The zero-order chi connectivity index (χ0) is 16.6. The van der Waals surface area contributed by atoms with Crippen molar-refractivity contribution < 1.29 is 4.74 Å². The van der Waals surface area contributed by atoms with Gasteiger partial charge in [0.1, 0.15) is 5.75 Å². The van der Waals surface area contributed by atoms with E-state index in [9.17, 15) is 0 Å².